The maximum absolute atomic E-state index is 12.8. The minimum Gasteiger partial charge on any atom is -0.391 e. The average Bonchev–Trinajstić information content (AvgIpc) is 3.17. The number of hydrogen-bond acceptors (Lipinski definition) is 6. The molecule has 0 spiro atoms. The first-order valence-corrected chi connectivity index (χ1v) is 24.2. The number of phosphoric ester groups is 1. The van der Waals surface area contributed by atoms with Crippen LogP contribution in [-0.4, -0.2) is 47.8 Å². The van der Waals surface area contributed by atoms with Gasteiger partial charge < -0.3 is 21.1 Å². The Morgan fingerprint density at radius 2 is 1.05 bits per heavy atom. The van der Waals surface area contributed by atoms with Gasteiger partial charge in [0, 0.05) is 13.0 Å². The van der Waals surface area contributed by atoms with Crippen molar-refractivity contribution >= 4 is 13.7 Å². The summed E-state index contributed by atoms with van der Waals surface area (Å²) in [7, 11) is -4.32. The van der Waals surface area contributed by atoms with E-state index in [9.17, 15) is 19.4 Å². The van der Waals surface area contributed by atoms with Crippen molar-refractivity contribution in [3.8, 4) is 0 Å². The Hall–Kier alpha value is -1.54. The monoisotopic (exact) mass is 795 g/mol. The summed E-state index contributed by atoms with van der Waals surface area (Å²) in [5.41, 5.74) is 5.38. The standard InChI is InChI=1S/C46H87N2O6P/c1-3-5-7-9-11-13-15-17-19-20-21-22-23-24-26-28-30-32-34-36-38-40-46(50)48-44(43-54-55(51,52)53-42-41-47)45(49)39-37-35-33-31-29-27-25-18-16-14-12-10-8-6-4-2/h5,7,11,13,17,19,21-22,44-45,49H,3-4,6,8-10,12,14-16,18,20,23-43,47H2,1-2H3,(H,48,50)(H,51,52)/b7-5-,13-11-,19-17-,22-21-. The molecule has 3 unspecified atom stereocenters. The summed E-state index contributed by atoms with van der Waals surface area (Å²) < 4.78 is 22.2. The number of aliphatic hydroxyl groups excluding tert-OH is 1. The van der Waals surface area contributed by atoms with Crippen molar-refractivity contribution in [2.24, 2.45) is 5.73 Å². The fourth-order valence-electron chi connectivity index (χ4n) is 6.54. The lowest BCUT2D eigenvalue weighted by Crippen LogP contribution is -2.46. The zero-order valence-corrected chi connectivity index (χ0v) is 36.6. The molecule has 0 aromatic carbocycles. The van der Waals surface area contributed by atoms with Crippen LogP contribution >= 0.6 is 7.82 Å². The molecule has 55 heavy (non-hydrogen) atoms. The zero-order chi connectivity index (χ0) is 40.3. The van der Waals surface area contributed by atoms with E-state index in [0.29, 0.717) is 12.8 Å². The number of phosphoric acid groups is 1. The fourth-order valence-corrected chi connectivity index (χ4v) is 7.30. The second kappa shape index (κ2) is 42.1. The van der Waals surface area contributed by atoms with Crippen molar-refractivity contribution in [3.05, 3.63) is 48.6 Å². The molecule has 1 amide bonds. The molecule has 0 aliphatic heterocycles. The van der Waals surface area contributed by atoms with Crippen LogP contribution in [-0.2, 0) is 18.4 Å². The molecule has 5 N–H and O–H groups in total. The topological polar surface area (TPSA) is 131 Å². The fraction of sp³-hybridized carbons (Fsp3) is 0.804. The Morgan fingerprint density at radius 1 is 0.618 bits per heavy atom. The van der Waals surface area contributed by atoms with Crippen LogP contribution in [0.4, 0.5) is 0 Å². The lowest BCUT2D eigenvalue weighted by Gasteiger charge is -2.25. The highest BCUT2D eigenvalue weighted by Crippen LogP contribution is 2.43. The minimum atomic E-state index is -4.32. The molecule has 322 valence electrons. The molecule has 0 rings (SSSR count). The highest BCUT2D eigenvalue weighted by atomic mass is 31.2. The molecule has 0 saturated heterocycles. The van der Waals surface area contributed by atoms with Crippen molar-refractivity contribution in [1.82, 2.24) is 5.32 Å². The van der Waals surface area contributed by atoms with E-state index in [1.165, 1.54) is 109 Å². The molecule has 0 fully saturated rings. The van der Waals surface area contributed by atoms with E-state index in [0.717, 1.165) is 70.6 Å². The van der Waals surface area contributed by atoms with Gasteiger partial charge in [-0.1, -0.05) is 197 Å². The number of amides is 1. The van der Waals surface area contributed by atoms with Crippen molar-refractivity contribution in [2.45, 2.75) is 219 Å². The average molecular weight is 795 g/mol. The van der Waals surface area contributed by atoms with Gasteiger partial charge in [0.05, 0.1) is 25.4 Å². The SMILES string of the molecule is CC/C=C\C/C=C\C/C=C\C/C=C\CCCCCCCCCCC(=O)NC(COP(=O)(O)OCCN)C(O)CCCCCCCCCCCCCCCCC. The van der Waals surface area contributed by atoms with E-state index in [1.54, 1.807) is 0 Å². The molecule has 0 aliphatic rings. The first kappa shape index (κ1) is 53.5. The summed E-state index contributed by atoms with van der Waals surface area (Å²) in [6.45, 7) is 4.09. The van der Waals surface area contributed by atoms with E-state index >= 15 is 0 Å². The predicted octanol–water partition coefficient (Wildman–Crippen LogP) is 12.9. The van der Waals surface area contributed by atoms with Crippen LogP contribution in [0, 0.1) is 0 Å². The summed E-state index contributed by atoms with van der Waals surface area (Å²) in [6.07, 6.45) is 51.1. The lowest BCUT2D eigenvalue weighted by molar-refractivity contribution is -0.123. The number of allylic oxidation sites excluding steroid dienone is 8. The molecule has 8 nitrogen and oxygen atoms in total. The molecular formula is C46H87N2O6P. The maximum Gasteiger partial charge on any atom is 0.472 e. The lowest BCUT2D eigenvalue weighted by atomic mass is 10.0. The number of hydrogen-bond donors (Lipinski definition) is 4. The molecule has 0 radical (unpaired) electrons. The Morgan fingerprint density at radius 3 is 1.55 bits per heavy atom. The summed E-state index contributed by atoms with van der Waals surface area (Å²) in [5, 5.41) is 13.8. The maximum atomic E-state index is 12.8. The van der Waals surface area contributed by atoms with E-state index < -0.39 is 20.0 Å². The second-order valence-corrected chi connectivity index (χ2v) is 16.7. The number of carbonyl (C=O) groups is 1. The minimum absolute atomic E-state index is 0.0859. The molecule has 3 atom stereocenters. The molecule has 9 heteroatoms. The molecule has 0 aromatic rings. The smallest absolute Gasteiger partial charge is 0.391 e. The molecule has 0 bridgehead atoms. The van der Waals surface area contributed by atoms with E-state index in [1.807, 2.05) is 0 Å². The molecular weight excluding hydrogens is 707 g/mol. The summed E-state index contributed by atoms with van der Waals surface area (Å²) in [4.78, 5) is 22.8. The largest absolute Gasteiger partial charge is 0.472 e. The Kier molecular flexibility index (Phi) is 40.9. The van der Waals surface area contributed by atoms with Gasteiger partial charge in [0.15, 0.2) is 0 Å². The number of nitrogens with one attached hydrogen (secondary N) is 1. The third-order valence-corrected chi connectivity index (χ3v) is 10.9. The molecule has 0 aliphatic carbocycles. The third-order valence-electron chi connectivity index (χ3n) is 9.95. The highest BCUT2D eigenvalue weighted by molar-refractivity contribution is 7.47. The van der Waals surface area contributed by atoms with Gasteiger partial charge in [0.2, 0.25) is 5.91 Å². The van der Waals surface area contributed by atoms with Crippen molar-refractivity contribution in [2.75, 3.05) is 19.8 Å². The second-order valence-electron chi connectivity index (χ2n) is 15.2. The number of nitrogens with two attached hydrogens (primary N) is 1. The van der Waals surface area contributed by atoms with Gasteiger partial charge in [-0.15, -0.1) is 0 Å². The third kappa shape index (κ3) is 40.5. The van der Waals surface area contributed by atoms with Gasteiger partial charge in [0.25, 0.3) is 0 Å². The molecule has 0 heterocycles. The number of unbranched alkanes of at least 4 members (excludes halogenated alkanes) is 22. The highest BCUT2D eigenvalue weighted by Gasteiger charge is 2.27. The Balaban J connectivity index is 4.14. The first-order chi connectivity index (χ1) is 26.9. The van der Waals surface area contributed by atoms with Crippen LogP contribution in [0.2, 0.25) is 0 Å². The van der Waals surface area contributed by atoms with Gasteiger partial charge in [-0.2, -0.15) is 0 Å². The van der Waals surface area contributed by atoms with Crippen molar-refractivity contribution in [3.63, 3.8) is 0 Å². The summed E-state index contributed by atoms with van der Waals surface area (Å²) in [5.74, 6) is -0.171. The summed E-state index contributed by atoms with van der Waals surface area (Å²) in [6, 6.07) is -0.780. The van der Waals surface area contributed by atoms with E-state index in [2.05, 4.69) is 67.8 Å². The van der Waals surface area contributed by atoms with Crippen LogP contribution in [0.15, 0.2) is 48.6 Å². The van der Waals surface area contributed by atoms with Crippen LogP contribution in [0.25, 0.3) is 0 Å². The normalized spacial score (nSPS) is 14.5. The van der Waals surface area contributed by atoms with Crippen LogP contribution in [0.1, 0.15) is 206 Å². The van der Waals surface area contributed by atoms with Crippen LogP contribution in [0.5, 0.6) is 0 Å². The number of rotatable bonds is 42. The van der Waals surface area contributed by atoms with Crippen molar-refractivity contribution < 1.29 is 28.4 Å². The van der Waals surface area contributed by atoms with Gasteiger partial charge in [-0.05, 0) is 51.4 Å². The van der Waals surface area contributed by atoms with Gasteiger partial charge in [-0.25, -0.2) is 4.57 Å². The number of carbonyl (C=O) groups excluding carboxylic acids is 1. The van der Waals surface area contributed by atoms with E-state index in [4.69, 9.17) is 14.8 Å². The Labute approximate surface area is 339 Å². The Bertz CT molecular complexity index is 1000. The van der Waals surface area contributed by atoms with Gasteiger partial charge in [0.1, 0.15) is 0 Å². The van der Waals surface area contributed by atoms with Crippen LogP contribution < -0.4 is 11.1 Å². The molecule has 0 aromatic heterocycles. The zero-order valence-electron chi connectivity index (χ0n) is 35.7. The quantitative estimate of drug-likeness (QED) is 0.0275. The van der Waals surface area contributed by atoms with E-state index in [-0.39, 0.29) is 25.7 Å². The number of aliphatic hydroxyl groups is 1. The van der Waals surface area contributed by atoms with Gasteiger partial charge in [-0.3, -0.25) is 13.8 Å². The first-order valence-electron chi connectivity index (χ1n) is 22.8. The van der Waals surface area contributed by atoms with Crippen molar-refractivity contribution in [1.29, 1.82) is 0 Å². The van der Waals surface area contributed by atoms with Crippen LogP contribution in [0.3, 0.4) is 0 Å². The molecule has 0 saturated carbocycles. The summed E-state index contributed by atoms with van der Waals surface area (Å²) >= 11 is 0. The van der Waals surface area contributed by atoms with Gasteiger partial charge >= 0.3 is 7.82 Å². The predicted molar refractivity (Wildman–Crippen MR) is 235 cm³/mol.